The second-order valence-electron chi connectivity index (χ2n) is 14.2. The van der Waals surface area contributed by atoms with Crippen LogP contribution in [0.1, 0.15) is 38.9 Å². The van der Waals surface area contributed by atoms with Crippen molar-refractivity contribution in [2.45, 2.75) is 11.0 Å². The third-order valence-electron chi connectivity index (χ3n) is 12.0. The lowest BCUT2D eigenvalue weighted by molar-refractivity contribution is 0.163. The van der Waals surface area contributed by atoms with Gasteiger partial charge in [-0.05, 0) is 109 Å². The second-order valence-corrected chi connectivity index (χ2v) is 14.2. The molecule has 254 valence electrons. The first kappa shape index (κ1) is 30.1. The van der Waals surface area contributed by atoms with Crippen molar-refractivity contribution >= 4 is 38.4 Å². The Morgan fingerprint density at radius 1 is 0.509 bits per heavy atom. The van der Waals surface area contributed by atoms with Crippen LogP contribution in [-0.4, -0.2) is 21.3 Å². The van der Waals surface area contributed by atoms with Crippen LogP contribution in [0.25, 0.3) is 49.5 Å². The fourth-order valence-corrected chi connectivity index (χ4v) is 9.72. The molecule has 4 nitrogen and oxygen atoms in total. The van der Waals surface area contributed by atoms with Crippen LogP contribution in [0.2, 0.25) is 0 Å². The molecule has 1 spiro atoms. The molecular weight excluding hydrogens is 653 g/mol. The Hall–Kier alpha value is -6.52. The molecule has 0 amide bonds. The number of rotatable bonds is 5. The lowest BCUT2D eigenvalue weighted by atomic mass is 9.68. The molecule has 1 aliphatic heterocycles. The molecule has 0 unspecified atom stereocenters. The molecule has 0 saturated heterocycles. The maximum Gasteiger partial charge on any atom is 0.178 e. The largest absolute Gasteiger partial charge is 0.497 e. The molecule has 0 atom stereocenters. The van der Waals surface area contributed by atoms with Crippen molar-refractivity contribution < 1.29 is 18.9 Å². The fourth-order valence-electron chi connectivity index (χ4n) is 9.72. The van der Waals surface area contributed by atoms with Gasteiger partial charge in [0.2, 0.25) is 0 Å². The van der Waals surface area contributed by atoms with Gasteiger partial charge in [0.25, 0.3) is 0 Å². The van der Waals surface area contributed by atoms with Crippen molar-refractivity contribution in [3.05, 3.63) is 185 Å². The molecule has 2 aliphatic carbocycles. The summed E-state index contributed by atoms with van der Waals surface area (Å²) in [4.78, 5) is 0. The van der Waals surface area contributed by atoms with E-state index in [-0.39, 0.29) is 0 Å². The van der Waals surface area contributed by atoms with Gasteiger partial charge < -0.3 is 18.9 Å². The Morgan fingerprint density at radius 2 is 1.08 bits per heavy atom. The number of hydrogen-bond acceptors (Lipinski definition) is 4. The van der Waals surface area contributed by atoms with Crippen LogP contribution in [0.5, 0.6) is 23.0 Å². The average molecular weight is 687 g/mol. The van der Waals surface area contributed by atoms with E-state index in [0.29, 0.717) is 0 Å². The van der Waals surface area contributed by atoms with Gasteiger partial charge in [0.05, 0.1) is 26.7 Å². The van der Waals surface area contributed by atoms with Gasteiger partial charge in [0.1, 0.15) is 23.0 Å². The van der Waals surface area contributed by atoms with E-state index < -0.39 is 11.0 Å². The first-order valence-electron chi connectivity index (χ1n) is 18.0. The van der Waals surface area contributed by atoms with Crippen molar-refractivity contribution in [2.24, 2.45) is 0 Å². The summed E-state index contributed by atoms with van der Waals surface area (Å²) in [5.74, 6) is 3.18. The highest BCUT2D eigenvalue weighted by Gasteiger charge is 2.54. The first-order chi connectivity index (χ1) is 26.1. The van der Waals surface area contributed by atoms with Crippen molar-refractivity contribution in [3.63, 3.8) is 0 Å². The van der Waals surface area contributed by atoms with Gasteiger partial charge in [-0.2, -0.15) is 0 Å². The molecule has 11 rings (SSSR count). The van der Waals surface area contributed by atoms with E-state index in [1.165, 1.54) is 54.9 Å². The topological polar surface area (TPSA) is 36.9 Å². The lowest BCUT2D eigenvalue weighted by Gasteiger charge is -2.39. The highest BCUT2D eigenvalue weighted by Crippen LogP contribution is 2.66. The van der Waals surface area contributed by atoms with E-state index in [2.05, 4.69) is 127 Å². The van der Waals surface area contributed by atoms with Gasteiger partial charge in [-0.25, -0.2) is 0 Å². The van der Waals surface area contributed by atoms with Crippen molar-refractivity contribution in [2.75, 3.05) is 21.3 Å². The zero-order chi connectivity index (χ0) is 35.5. The molecule has 0 radical (unpaired) electrons. The molecule has 0 aromatic heterocycles. The predicted octanol–water partition coefficient (Wildman–Crippen LogP) is 11.2. The number of fused-ring (bicyclic) bond motifs is 12. The molecule has 0 saturated carbocycles. The molecule has 8 aromatic rings. The Balaban J connectivity index is 1.29. The van der Waals surface area contributed by atoms with E-state index in [1.807, 2.05) is 24.3 Å². The maximum absolute atomic E-state index is 7.68. The summed E-state index contributed by atoms with van der Waals surface area (Å²) in [5.41, 5.74) is 9.24. The summed E-state index contributed by atoms with van der Waals surface area (Å²) in [6, 6.07) is 50.0. The second kappa shape index (κ2) is 10.8. The summed E-state index contributed by atoms with van der Waals surface area (Å²) >= 11 is 0. The van der Waals surface area contributed by atoms with Crippen LogP contribution in [0.3, 0.4) is 0 Å². The van der Waals surface area contributed by atoms with Gasteiger partial charge in [-0.1, -0.05) is 103 Å². The minimum Gasteiger partial charge on any atom is -0.497 e. The Bertz CT molecular complexity index is 2750. The smallest absolute Gasteiger partial charge is 0.178 e. The highest BCUT2D eigenvalue weighted by atomic mass is 16.5. The summed E-state index contributed by atoms with van der Waals surface area (Å²) in [7, 11) is 5.11. The molecule has 0 fully saturated rings. The quantitative estimate of drug-likeness (QED) is 0.169. The molecule has 53 heavy (non-hydrogen) atoms. The molecule has 3 aliphatic rings. The van der Waals surface area contributed by atoms with E-state index in [4.69, 9.17) is 18.9 Å². The summed E-state index contributed by atoms with van der Waals surface area (Å²) in [6.45, 7) is 0. The number of benzene rings is 8. The highest BCUT2D eigenvalue weighted by molar-refractivity contribution is 6.19. The minimum atomic E-state index is -0.951. The summed E-state index contributed by atoms with van der Waals surface area (Å²) in [6.07, 6.45) is 4.56. The number of hydrogen-bond donors (Lipinski definition) is 0. The molecule has 8 aromatic carbocycles. The van der Waals surface area contributed by atoms with E-state index in [0.717, 1.165) is 50.5 Å². The summed E-state index contributed by atoms with van der Waals surface area (Å²) < 4.78 is 24.7. The van der Waals surface area contributed by atoms with E-state index >= 15 is 0 Å². The van der Waals surface area contributed by atoms with Gasteiger partial charge in [0, 0.05) is 22.1 Å². The number of methoxy groups -OCH3 is 3. The van der Waals surface area contributed by atoms with Crippen LogP contribution < -0.4 is 18.9 Å². The normalized spacial score (nSPS) is 15.1. The first-order valence-corrected chi connectivity index (χ1v) is 18.0. The Kier molecular flexibility index (Phi) is 6.11. The van der Waals surface area contributed by atoms with Crippen LogP contribution in [0, 0.1) is 0 Å². The van der Waals surface area contributed by atoms with Crippen molar-refractivity contribution in [3.8, 4) is 34.1 Å². The van der Waals surface area contributed by atoms with Gasteiger partial charge >= 0.3 is 0 Å². The van der Waals surface area contributed by atoms with E-state index in [1.54, 1.807) is 21.3 Å². The third-order valence-corrected chi connectivity index (χ3v) is 12.0. The zero-order valence-electron chi connectivity index (χ0n) is 29.6. The van der Waals surface area contributed by atoms with Crippen molar-refractivity contribution in [1.82, 2.24) is 0 Å². The Labute approximate surface area is 307 Å². The zero-order valence-corrected chi connectivity index (χ0v) is 29.6. The van der Waals surface area contributed by atoms with Gasteiger partial charge in [-0.3, -0.25) is 0 Å². The molecular formula is C49H34O4. The number of ether oxygens (including phenoxy) is 4. The minimum absolute atomic E-state index is 0.555. The standard InChI is InChI=1S/C49H34O4/c1-50-33-20-16-31(17-21-33)48(32-18-22-34(51-2)23-19-32)27-26-38-46-45(36-25-24-35(52-3)28-39(36)47(38)53-48)37-10-4-5-11-40(37)49(46)41-12-6-8-29-14-15-30-9-7-13-42(49)44(30)43(29)41/h4-28H,1-3H3. The molecule has 0 bridgehead atoms. The van der Waals surface area contributed by atoms with E-state index in [9.17, 15) is 0 Å². The molecule has 0 N–H and O–H groups in total. The van der Waals surface area contributed by atoms with Gasteiger partial charge in [0.15, 0.2) is 5.60 Å². The van der Waals surface area contributed by atoms with Crippen molar-refractivity contribution in [1.29, 1.82) is 0 Å². The van der Waals surface area contributed by atoms with Crippen LogP contribution in [-0.2, 0) is 11.0 Å². The predicted molar refractivity (Wildman–Crippen MR) is 213 cm³/mol. The van der Waals surface area contributed by atoms with Crippen LogP contribution in [0.4, 0.5) is 0 Å². The maximum atomic E-state index is 7.68. The van der Waals surface area contributed by atoms with Crippen LogP contribution >= 0.6 is 0 Å². The van der Waals surface area contributed by atoms with Gasteiger partial charge in [-0.15, -0.1) is 0 Å². The molecule has 4 heteroatoms. The summed E-state index contributed by atoms with van der Waals surface area (Å²) in [5, 5.41) is 7.32. The van der Waals surface area contributed by atoms with Crippen LogP contribution in [0.15, 0.2) is 146 Å². The third kappa shape index (κ3) is 3.75. The fraction of sp³-hybridized carbons (Fsp3) is 0.102. The SMILES string of the molecule is COc1ccc(C2(c3ccc(OC)cc3)C=Cc3c4c(c5ccc(OC)cc5c3O2)-c2ccccc2C42c3cccc4ccc5cccc2c5c34)cc1. The molecule has 1 heterocycles. The lowest BCUT2D eigenvalue weighted by Crippen LogP contribution is -2.35. The average Bonchev–Trinajstić information content (AvgIpc) is 3.71. The monoisotopic (exact) mass is 686 g/mol. The Morgan fingerprint density at radius 3 is 1.68 bits per heavy atom.